The van der Waals surface area contributed by atoms with Gasteiger partial charge < -0.3 is 9.52 Å². The van der Waals surface area contributed by atoms with Crippen LogP contribution < -0.4 is 0 Å². The number of furan rings is 1. The molecule has 1 unspecified atom stereocenters. The van der Waals surface area contributed by atoms with E-state index < -0.39 is 11.9 Å². The number of hydrogen-bond donors (Lipinski definition) is 1. The Bertz CT molecular complexity index is 1060. The van der Waals surface area contributed by atoms with Gasteiger partial charge in [0.15, 0.2) is 5.78 Å². The molecule has 1 aromatic heterocycles. The van der Waals surface area contributed by atoms with Crippen molar-refractivity contribution in [3.63, 3.8) is 0 Å². The second-order valence-electron chi connectivity index (χ2n) is 9.02. The first-order chi connectivity index (χ1) is 15.6. The van der Waals surface area contributed by atoms with Gasteiger partial charge in [0.2, 0.25) is 0 Å². The van der Waals surface area contributed by atoms with Crippen molar-refractivity contribution in [3.8, 4) is 0 Å². The molecule has 1 heterocycles. The standard InChI is InChI=1S/C28H32O4/c29-25(18-22(28(30)31)13-7-2-6-12-20-10-4-1-5-11-20)21-16-17-24-23-14-8-3-9-15-26(23)32-27(24)19-21/h1,4-5,10-11,16-17,19,22H,2-3,6-9,12-15,18H2,(H,30,31). The first kappa shape index (κ1) is 22.3. The number of fused-ring (bicyclic) bond motifs is 3. The summed E-state index contributed by atoms with van der Waals surface area (Å²) in [5.41, 5.74) is 3.91. The van der Waals surface area contributed by atoms with E-state index in [9.17, 15) is 14.7 Å². The molecule has 4 nitrogen and oxygen atoms in total. The van der Waals surface area contributed by atoms with Crippen molar-refractivity contribution >= 4 is 22.7 Å². The highest BCUT2D eigenvalue weighted by Gasteiger charge is 2.23. The van der Waals surface area contributed by atoms with Gasteiger partial charge in [-0.15, -0.1) is 0 Å². The van der Waals surface area contributed by atoms with E-state index in [1.54, 1.807) is 0 Å². The second-order valence-corrected chi connectivity index (χ2v) is 9.02. The normalized spacial score (nSPS) is 14.6. The molecule has 32 heavy (non-hydrogen) atoms. The van der Waals surface area contributed by atoms with E-state index in [4.69, 9.17) is 4.42 Å². The van der Waals surface area contributed by atoms with E-state index in [1.165, 1.54) is 24.0 Å². The Balaban J connectivity index is 1.33. The first-order valence-electron chi connectivity index (χ1n) is 12.0. The lowest BCUT2D eigenvalue weighted by molar-refractivity contribution is -0.141. The van der Waals surface area contributed by atoms with E-state index in [0.29, 0.717) is 12.0 Å². The molecule has 0 spiro atoms. The van der Waals surface area contributed by atoms with Crippen LogP contribution in [0.25, 0.3) is 11.0 Å². The lowest BCUT2D eigenvalue weighted by atomic mass is 9.92. The fraction of sp³-hybridized carbons (Fsp3) is 0.429. The summed E-state index contributed by atoms with van der Waals surface area (Å²) in [5, 5.41) is 10.7. The van der Waals surface area contributed by atoms with Gasteiger partial charge in [-0.05, 0) is 50.2 Å². The third-order valence-corrected chi connectivity index (χ3v) is 6.67. The van der Waals surface area contributed by atoms with Crippen LogP contribution in [0.5, 0.6) is 0 Å². The Morgan fingerprint density at radius 2 is 1.75 bits per heavy atom. The highest BCUT2D eigenvalue weighted by molar-refractivity contribution is 6.01. The molecule has 168 valence electrons. The third kappa shape index (κ3) is 5.48. The van der Waals surface area contributed by atoms with Crippen molar-refractivity contribution in [2.24, 2.45) is 5.92 Å². The Morgan fingerprint density at radius 1 is 0.938 bits per heavy atom. The fourth-order valence-corrected chi connectivity index (χ4v) is 4.81. The molecule has 1 aliphatic rings. The topological polar surface area (TPSA) is 67.5 Å². The number of carbonyl (C=O) groups excluding carboxylic acids is 1. The number of unbranched alkanes of at least 4 members (excludes halogenated alkanes) is 2. The number of aliphatic carboxylic acids is 1. The average Bonchev–Trinajstić information content (AvgIpc) is 2.98. The van der Waals surface area contributed by atoms with Gasteiger partial charge in [0.05, 0.1) is 5.92 Å². The minimum absolute atomic E-state index is 0.0416. The highest BCUT2D eigenvalue weighted by atomic mass is 16.4. The van der Waals surface area contributed by atoms with Gasteiger partial charge in [-0.1, -0.05) is 61.7 Å². The highest BCUT2D eigenvalue weighted by Crippen LogP contribution is 2.32. The van der Waals surface area contributed by atoms with E-state index >= 15 is 0 Å². The molecule has 1 atom stereocenters. The molecule has 4 rings (SSSR count). The SMILES string of the molecule is O=C(CC(CCCCCc1ccccc1)C(=O)O)c1ccc2c3c(oc2c1)CCCCC3. The summed E-state index contributed by atoms with van der Waals surface area (Å²) < 4.78 is 6.07. The molecule has 0 saturated heterocycles. The molecule has 0 bridgehead atoms. The summed E-state index contributed by atoms with van der Waals surface area (Å²) in [6, 6.07) is 16.0. The summed E-state index contributed by atoms with van der Waals surface area (Å²) in [4.78, 5) is 24.6. The molecule has 0 fully saturated rings. The average molecular weight is 433 g/mol. The molecule has 2 aromatic carbocycles. The third-order valence-electron chi connectivity index (χ3n) is 6.67. The summed E-state index contributed by atoms with van der Waals surface area (Å²) in [6.45, 7) is 0. The number of carboxylic acids is 1. The van der Waals surface area contributed by atoms with Crippen molar-refractivity contribution in [1.82, 2.24) is 0 Å². The van der Waals surface area contributed by atoms with E-state index in [2.05, 4.69) is 12.1 Å². The summed E-state index contributed by atoms with van der Waals surface area (Å²) in [5.74, 6) is -0.577. The number of hydrogen-bond acceptors (Lipinski definition) is 3. The van der Waals surface area contributed by atoms with Crippen molar-refractivity contribution in [2.75, 3.05) is 0 Å². The Kier molecular flexibility index (Phi) is 7.41. The molecule has 4 heteroatoms. The largest absolute Gasteiger partial charge is 0.481 e. The zero-order chi connectivity index (χ0) is 22.3. The lowest BCUT2D eigenvalue weighted by Gasteiger charge is -2.12. The van der Waals surface area contributed by atoms with Crippen molar-refractivity contribution in [1.29, 1.82) is 0 Å². The van der Waals surface area contributed by atoms with Gasteiger partial charge in [0, 0.05) is 29.4 Å². The van der Waals surface area contributed by atoms with Crippen molar-refractivity contribution in [3.05, 3.63) is 71.0 Å². The van der Waals surface area contributed by atoms with Gasteiger partial charge in [0.25, 0.3) is 0 Å². The molecule has 0 saturated carbocycles. The minimum atomic E-state index is -0.882. The predicted octanol–water partition coefficient (Wildman–Crippen LogP) is 6.78. The minimum Gasteiger partial charge on any atom is -0.481 e. The quantitative estimate of drug-likeness (QED) is 0.218. The van der Waals surface area contributed by atoms with Crippen LogP contribution in [0.3, 0.4) is 0 Å². The smallest absolute Gasteiger partial charge is 0.306 e. The lowest BCUT2D eigenvalue weighted by Crippen LogP contribution is -2.18. The van der Waals surface area contributed by atoms with Gasteiger partial charge in [-0.25, -0.2) is 0 Å². The molecule has 0 aliphatic heterocycles. The van der Waals surface area contributed by atoms with E-state index in [1.807, 2.05) is 36.4 Å². The molecular weight excluding hydrogens is 400 g/mol. The monoisotopic (exact) mass is 432 g/mol. The fourth-order valence-electron chi connectivity index (χ4n) is 4.81. The molecule has 1 N–H and O–H groups in total. The number of rotatable bonds is 10. The van der Waals surface area contributed by atoms with Crippen LogP contribution in [0.15, 0.2) is 52.9 Å². The van der Waals surface area contributed by atoms with Crippen molar-refractivity contribution < 1.29 is 19.1 Å². The van der Waals surface area contributed by atoms with Gasteiger partial charge in [-0.2, -0.15) is 0 Å². The van der Waals surface area contributed by atoms with Crippen LogP contribution in [0, 0.1) is 5.92 Å². The van der Waals surface area contributed by atoms with Gasteiger partial charge in [0.1, 0.15) is 11.3 Å². The molecule has 0 radical (unpaired) electrons. The number of carbonyl (C=O) groups is 2. The van der Waals surface area contributed by atoms with Gasteiger partial charge >= 0.3 is 5.97 Å². The van der Waals surface area contributed by atoms with Crippen LogP contribution in [-0.2, 0) is 24.1 Å². The van der Waals surface area contributed by atoms with Crippen LogP contribution >= 0.6 is 0 Å². The Labute approximate surface area is 189 Å². The Hall–Kier alpha value is -2.88. The van der Waals surface area contributed by atoms with Crippen LogP contribution in [0.1, 0.15) is 78.6 Å². The predicted molar refractivity (Wildman–Crippen MR) is 126 cm³/mol. The zero-order valence-electron chi connectivity index (χ0n) is 18.6. The number of aryl methyl sites for hydroxylation is 3. The van der Waals surface area contributed by atoms with Crippen LogP contribution in [0.4, 0.5) is 0 Å². The maximum Gasteiger partial charge on any atom is 0.306 e. The number of ketones is 1. The summed E-state index contributed by atoms with van der Waals surface area (Å²) >= 11 is 0. The number of benzene rings is 2. The summed E-state index contributed by atoms with van der Waals surface area (Å²) in [7, 11) is 0. The maximum absolute atomic E-state index is 12.9. The van der Waals surface area contributed by atoms with E-state index in [-0.39, 0.29) is 12.2 Å². The van der Waals surface area contributed by atoms with Crippen LogP contribution in [-0.4, -0.2) is 16.9 Å². The molecule has 1 aliphatic carbocycles. The van der Waals surface area contributed by atoms with Gasteiger partial charge in [-0.3, -0.25) is 9.59 Å². The molecule has 3 aromatic rings. The second kappa shape index (κ2) is 10.6. The first-order valence-corrected chi connectivity index (χ1v) is 12.0. The number of Topliss-reactive ketones (excluding diaryl/α,β-unsaturated/α-hetero) is 1. The molecular formula is C28H32O4. The maximum atomic E-state index is 12.9. The van der Waals surface area contributed by atoms with Crippen LogP contribution in [0.2, 0.25) is 0 Å². The number of carboxylic acid groups (broad SMARTS) is 1. The van der Waals surface area contributed by atoms with Crippen molar-refractivity contribution in [2.45, 2.75) is 70.6 Å². The molecule has 0 amide bonds. The Morgan fingerprint density at radius 3 is 2.56 bits per heavy atom. The van der Waals surface area contributed by atoms with E-state index in [0.717, 1.165) is 61.7 Å². The zero-order valence-corrected chi connectivity index (χ0v) is 18.6. The summed E-state index contributed by atoms with van der Waals surface area (Å²) in [6.07, 6.45) is 9.93.